The molecule has 0 aromatic rings. The van der Waals surface area contributed by atoms with Crippen molar-refractivity contribution in [2.75, 3.05) is 6.61 Å². The molecule has 4 nitrogen and oxygen atoms in total. The second kappa shape index (κ2) is 6.80. The smallest absolute Gasteiger partial charge is 0.756 e. The molecule has 0 amide bonds. The Hall–Kier alpha value is 1.11. The van der Waals surface area contributed by atoms with Crippen LogP contribution >= 0.6 is 7.82 Å². The van der Waals surface area contributed by atoms with Crippen molar-refractivity contribution in [2.45, 2.75) is 19.8 Å². The van der Waals surface area contributed by atoms with E-state index in [0.29, 0.717) is 6.42 Å². The van der Waals surface area contributed by atoms with Gasteiger partial charge in [0.2, 0.25) is 0 Å². The maximum Gasteiger partial charge on any atom is 1.00 e. The van der Waals surface area contributed by atoms with Crippen LogP contribution in [0.2, 0.25) is 0 Å². The monoisotopic (exact) mass is 176 g/mol. The first-order valence-corrected chi connectivity index (χ1v) is 4.24. The van der Waals surface area contributed by atoms with E-state index in [1.807, 2.05) is 6.92 Å². The molecule has 0 radical (unpaired) electrons. The fourth-order valence-corrected chi connectivity index (χ4v) is 0.684. The van der Waals surface area contributed by atoms with Gasteiger partial charge in [0.05, 0.1) is 6.61 Å². The molecule has 0 saturated heterocycles. The van der Waals surface area contributed by atoms with Gasteiger partial charge in [-0.1, -0.05) is 13.3 Å². The van der Waals surface area contributed by atoms with Crippen LogP contribution in [0.3, 0.4) is 0 Å². The molecule has 1 unspecified atom stereocenters. The molecule has 0 aliphatic heterocycles. The molecular formula is C4H10NaO4P. The van der Waals surface area contributed by atoms with Crippen molar-refractivity contribution in [3.8, 4) is 0 Å². The van der Waals surface area contributed by atoms with Gasteiger partial charge in [0.15, 0.2) is 0 Å². The average Bonchev–Trinajstić information content (AvgIpc) is 1.63. The van der Waals surface area contributed by atoms with Crippen LogP contribution in [0, 0.1) is 0 Å². The number of hydrogen-bond acceptors (Lipinski definition) is 3. The van der Waals surface area contributed by atoms with E-state index in [2.05, 4.69) is 4.52 Å². The molecular weight excluding hydrogens is 166 g/mol. The second-order valence-electron chi connectivity index (χ2n) is 1.66. The zero-order valence-corrected chi connectivity index (χ0v) is 9.13. The van der Waals surface area contributed by atoms with E-state index in [9.17, 15) is 9.46 Å². The normalized spacial score (nSPS) is 15.5. The first kappa shape index (κ1) is 13.7. The predicted molar refractivity (Wildman–Crippen MR) is 30.7 cm³/mol. The molecule has 0 fully saturated rings. The van der Waals surface area contributed by atoms with E-state index in [4.69, 9.17) is 4.89 Å². The topological polar surface area (TPSA) is 69.6 Å². The third-order valence-corrected chi connectivity index (χ3v) is 1.26. The summed E-state index contributed by atoms with van der Waals surface area (Å²) in [5.41, 5.74) is 0. The van der Waals surface area contributed by atoms with Crippen LogP contribution in [0.25, 0.3) is 0 Å². The van der Waals surface area contributed by atoms with E-state index in [1.54, 1.807) is 0 Å². The van der Waals surface area contributed by atoms with Crippen molar-refractivity contribution >= 4 is 7.82 Å². The Kier molecular flexibility index (Phi) is 9.30. The molecule has 0 aromatic carbocycles. The van der Waals surface area contributed by atoms with Gasteiger partial charge in [-0.15, -0.1) is 0 Å². The average molecular weight is 176 g/mol. The number of phosphoric acid groups is 1. The van der Waals surface area contributed by atoms with Crippen LogP contribution in [0.4, 0.5) is 0 Å². The maximum absolute atomic E-state index is 9.87. The number of rotatable bonds is 4. The molecule has 1 N–H and O–H groups in total. The molecule has 56 valence electrons. The van der Waals surface area contributed by atoms with E-state index < -0.39 is 7.82 Å². The molecule has 0 heterocycles. The van der Waals surface area contributed by atoms with Crippen LogP contribution in [-0.4, -0.2) is 11.5 Å². The van der Waals surface area contributed by atoms with Gasteiger partial charge >= 0.3 is 29.6 Å². The second-order valence-corrected chi connectivity index (χ2v) is 2.85. The van der Waals surface area contributed by atoms with Crippen LogP contribution < -0.4 is 34.5 Å². The van der Waals surface area contributed by atoms with Crippen LogP contribution in [0.15, 0.2) is 0 Å². The van der Waals surface area contributed by atoms with Gasteiger partial charge in [0.1, 0.15) is 0 Å². The van der Waals surface area contributed by atoms with Crippen molar-refractivity contribution in [3.63, 3.8) is 0 Å². The number of phosphoric ester groups is 1. The van der Waals surface area contributed by atoms with Crippen molar-refractivity contribution in [1.82, 2.24) is 0 Å². The minimum atomic E-state index is -4.45. The fraction of sp³-hybridized carbons (Fsp3) is 1.00. The van der Waals surface area contributed by atoms with Gasteiger partial charge in [-0.2, -0.15) is 0 Å². The molecule has 1 atom stereocenters. The first-order valence-electron chi connectivity index (χ1n) is 2.74. The summed E-state index contributed by atoms with van der Waals surface area (Å²) in [4.78, 5) is 17.9. The Balaban J connectivity index is 0. The fourth-order valence-electron chi connectivity index (χ4n) is 0.324. The summed E-state index contributed by atoms with van der Waals surface area (Å²) in [6.07, 6.45) is 1.49. The van der Waals surface area contributed by atoms with Crippen LogP contribution in [0.1, 0.15) is 19.8 Å². The summed E-state index contributed by atoms with van der Waals surface area (Å²) < 4.78 is 13.9. The summed E-state index contributed by atoms with van der Waals surface area (Å²) in [6, 6.07) is 0. The largest absolute Gasteiger partial charge is 1.00 e. The van der Waals surface area contributed by atoms with Gasteiger partial charge in [0.25, 0.3) is 7.82 Å². The molecule has 0 aliphatic rings. The first-order chi connectivity index (χ1) is 4.06. The zero-order valence-electron chi connectivity index (χ0n) is 6.24. The maximum atomic E-state index is 9.87. The van der Waals surface area contributed by atoms with Gasteiger partial charge in [-0.25, -0.2) is 0 Å². The van der Waals surface area contributed by atoms with Crippen molar-refractivity contribution in [2.24, 2.45) is 0 Å². The molecule has 0 spiro atoms. The van der Waals surface area contributed by atoms with E-state index >= 15 is 0 Å². The molecule has 6 heteroatoms. The Morgan fingerprint density at radius 1 is 1.70 bits per heavy atom. The van der Waals surface area contributed by atoms with Gasteiger partial charge in [0, 0.05) is 0 Å². The summed E-state index contributed by atoms with van der Waals surface area (Å²) in [7, 11) is -4.45. The zero-order chi connectivity index (χ0) is 7.33. The SMILES string of the molecule is CCCCOP(=O)([O-])O.[Na+]. The van der Waals surface area contributed by atoms with Crippen molar-refractivity contribution in [1.29, 1.82) is 0 Å². The summed E-state index contributed by atoms with van der Waals surface area (Å²) in [5.74, 6) is 0. The number of unbranched alkanes of at least 4 members (excludes halogenated alkanes) is 1. The predicted octanol–water partition coefficient (Wildman–Crippen LogP) is -2.73. The minimum absolute atomic E-state index is 0. The van der Waals surface area contributed by atoms with Gasteiger partial charge < -0.3 is 14.3 Å². The third-order valence-electron chi connectivity index (χ3n) is 0.752. The molecule has 0 bridgehead atoms. The van der Waals surface area contributed by atoms with Gasteiger partial charge in [-0.05, 0) is 6.42 Å². The van der Waals surface area contributed by atoms with E-state index in [0.717, 1.165) is 6.42 Å². The van der Waals surface area contributed by atoms with Crippen LogP contribution in [-0.2, 0) is 9.09 Å². The summed E-state index contributed by atoms with van der Waals surface area (Å²) in [5, 5.41) is 0. The minimum Gasteiger partial charge on any atom is -0.756 e. The van der Waals surface area contributed by atoms with Crippen LogP contribution in [0.5, 0.6) is 0 Å². The molecule has 0 saturated carbocycles. The Morgan fingerprint density at radius 3 is 2.50 bits per heavy atom. The number of hydrogen-bond donors (Lipinski definition) is 1. The van der Waals surface area contributed by atoms with Gasteiger partial charge in [-0.3, -0.25) is 4.57 Å². The Labute approximate surface area is 82.5 Å². The third kappa shape index (κ3) is 11.9. The standard InChI is InChI=1S/C4H11O4P.Na/c1-2-3-4-8-9(5,6)7;/h2-4H2,1H3,(H2,5,6,7);/q;+1/p-1. The Bertz CT molecular complexity index is 112. The van der Waals surface area contributed by atoms with E-state index in [1.165, 1.54) is 0 Å². The van der Waals surface area contributed by atoms with Crippen molar-refractivity contribution < 1.29 is 48.4 Å². The van der Waals surface area contributed by atoms with E-state index in [-0.39, 0.29) is 36.2 Å². The summed E-state index contributed by atoms with van der Waals surface area (Å²) in [6.45, 7) is 1.98. The molecule has 0 rings (SSSR count). The molecule has 0 aromatic heterocycles. The summed E-state index contributed by atoms with van der Waals surface area (Å²) >= 11 is 0. The Morgan fingerprint density at radius 2 is 2.20 bits per heavy atom. The quantitative estimate of drug-likeness (QED) is 0.287. The van der Waals surface area contributed by atoms with Crippen molar-refractivity contribution in [3.05, 3.63) is 0 Å². The molecule has 0 aliphatic carbocycles. The molecule has 10 heavy (non-hydrogen) atoms.